The lowest BCUT2D eigenvalue weighted by Gasteiger charge is -2.34. The third-order valence-electron chi connectivity index (χ3n) is 4.23. The molecule has 8 heteroatoms. The minimum absolute atomic E-state index is 0.133. The lowest BCUT2D eigenvalue weighted by atomic mass is 9.96. The van der Waals surface area contributed by atoms with Gasteiger partial charge in [-0.05, 0) is 20.4 Å². The molecule has 2 heterocycles. The van der Waals surface area contributed by atoms with Crippen LogP contribution in [-0.4, -0.2) is 75.9 Å². The van der Waals surface area contributed by atoms with Crippen molar-refractivity contribution < 1.29 is 19.7 Å². The fourth-order valence-corrected chi connectivity index (χ4v) is 2.86. The van der Waals surface area contributed by atoms with Crippen LogP contribution >= 0.6 is 0 Å². The van der Waals surface area contributed by atoms with E-state index in [9.17, 15) is 15.0 Å². The van der Waals surface area contributed by atoms with Gasteiger partial charge in [-0.1, -0.05) is 6.92 Å². The Labute approximate surface area is 142 Å². The zero-order valence-corrected chi connectivity index (χ0v) is 14.6. The van der Waals surface area contributed by atoms with Crippen LogP contribution in [0.3, 0.4) is 0 Å². The summed E-state index contributed by atoms with van der Waals surface area (Å²) in [4.78, 5) is 14.2. The first kappa shape index (κ1) is 18.9. The van der Waals surface area contributed by atoms with Crippen LogP contribution in [0.25, 0.3) is 0 Å². The number of hydrogen-bond donors (Lipinski definition) is 3. The number of hydrogen-bond acceptors (Lipinski definition) is 6. The largest absolute Gasteiger partial charge is 0.390 e. The van der Waals surface area contributed by atoms with Gasteiger partial charge in [-0.3, -0.25) is 9.69 Å². The first-order chi connectivity index (χ1) is 11.4. The van der Waals surface area contributed by atoms with Crippen LogP contribution in [0.5, 0.6) is 0 Å². The van der Waals surface area contributed by atoms with Crippen LogP contribution in [0.2, 0.25) is 0 Å². The van der Waals surface area contributed by atoms with E-state index in [1.807, 2.05) is 25.7 Å². The Morgan fingerprint density at radius 2 is 2.25 bits per heavy atom. The quantitative estimate of drug-likeness (QED) is 0.651. The Hall–Kier alpha value is -1.48. The normalized spacial score (nSPS) is 24.5. The summed E-state index contributed by atoms with van der Waals surface area (Å²) >= 11 is 0. The topological polar surface area (TPSA) is 99.9 Å². The second-order valence-electron chi connectivity index (χ2n) is 6.49. The van der Waals surface area contributed by atoms with Gasteiger partial charge in [0.05, 0.1) is 32.1 Å². The molecule has 1 amide bonds. The third kappa shape index (κ3) is 4.76. The van der Waals surface area contributed by atoms with E-state index in [1.165, 1.54) is 0 Å². The molecule has 1 aromatic heterocycles. The zero-order valence-electron chi connectivity index (χ0n) is 14.6. The summed E-state index contributed by atoms with van der Waals surface area (Å²) in [5.41, 5.74) is 0. The van der Waals surface area contributed by atoms with Gasteiger partial charge < -0.3 is 20.3 Å². The van der Waals surface area contributed by atoms with Gasteiger partial charge in [0.2, 0.25) is 5.91 Å². The molecule has 0 aromatic carbocycles. The number of aromatic nitrogens is 2. The minimum Gasteiger partial charge on any atom is -0.390 e. The highest BCUT2D eigenvalue weighted by atomic mass is 16.5. The molecular formula is C16H28N4O4. The summed E-state index contributed by atoms with van der Waals surface area (Å²) < 4.78 is 7.05. The fraction of sp³-hybridized carbons (Fsp3) is 0.750. The highest BCUT2D eigenvalue weighted by Gasteiger charge is 2.32. The van der Waals surface area contributed by atoms with E-state index >= 15 is 0 Å². The van der Waals surface area contributed by atoms with Gasteiger partial charge in [-0.2, -0.15) is 5.10 Å². The van der Waals surface area contributed by atoms with Gasteiger partial charge in [0.1, 0.15) is 11.9 Å². The van der Waals surface area contributed by atoms with Gasteiger partial charge in [-0.25, -0.2) is 4.68 Å². The van der Waals surface area contributed by atoms with E-state index in [1.54, 1.807) is 16.9 Å². The molecule has 1 aliphatic rings. The Bertz CT molecular complexity index is 534. The molecule has 1 aromatic rings. The first-order valence-corrected chi connectivity index (χ1v) is 8.42. The minimum atomic E-state index is -0.864. The summed E-state index contributed by atoms with van der Waals surface area (Å²) in [6, 6.07) is 1.93. The number of aliphatic hydroxyl groups excluding tert-OH is 2. The maximum Gasteiger partial charge on any atom is 0.239 e. The Kier molecular flexibility index (Phi) is 6.73. The number of aliphatic hydroxyl groups is 2. The molecule has 0 aliphatic carbocycles. The van der Waals surface area contributed by atoms with Crippen molar-refractivity contribution in [1.82, 2.24) is 14.7 Å². The number of carbonyl (C=O) groups excluding carboxylic acids is 1. The van der Waals surface area contributed by atoms with Crippen LogP contribution in [0.1, 0.15) is 26.8 Å². The smallest absolute Gasteiger partial charge is 0.239 e. The highest BCUT2D eigenvalue weighted by Crippen LogP contribution is 2.17. The van der Waals surface area contributed by atoms with Crippen molar-refractivity contribution in [2.24, 2.45) is 5.92 Å². The lowest BCUT2D eigenvalue weighted by Crippen LogP contribution is -2.49. The third-order valence-corrected chi connectivity index (χ3v) is 4.23. The maximum atomic E-state index is 12.3. The lowest BCUT2D eigenvalue weighted by molar-refractivity contribution is -0.128. The summed E-state index contributed by atoms with van der Waals surface area (Å²) in [7, 11) is 0. The summed E-state index contributed by atoms with van der Waals surface area (Å²) in [6.07, 6.45) is -0.0282. The molecule has 1 aliphatic heterocycles. The Balaban J connectivity index is 1.89. The average Bonchev–Trinajstić information content (AvgIpc) is 2.99. The van der Waals surface area contributed by atoms with E-state index in [4.69, 9.17) is 4.74 Å². The number of amides is 1. The molecule has 0 bridgehead atoms. The van der Waals surface area contributed by atoms with Crippen LogP contribution in [0, 0.1) is 5.92 Å². The predicted molar refractivity (Wildman–Crippen MR) is 89.7 cm³/mol. The van der Waals surface area contributed by atoms with E-state index in [-0.39, 0.29) is 31.0 Å². The Morgan fingerprint density at radius 1 is 1.50 bits per heavy atom. The fourth-order valence-electron chi connectivity index (χ4n) is 2.86. The van der Waals surface area contributed by atoms with Crippen LogP contribution in [0.4, 0.5) is 5.82 Å². The van der Waals surface area contributed by atoms with Crippen LogP contribution in [-0.2, 0) is 9.53 Å². The van der Waals surface area contributed by atoms with Gasteiger partial charge in [0.25, 0.3) is 0 Å². The van der Waals surface area contributed by atoms with E-state index in [0.29, 0.717) is 25.5 Å². The van der Waals surface area contributed by atoms with Gasteiger partial charge in [0, 0.05) is 24.6 Å². The number of rotatable bonds is 7. The molecule has 136 valence electrons. The van der Waals surface area contributed by atoms with Gasteiger partial charge in [0.15, 0.2) is 0 Å². The second kappa shape index (κ2) is 8.57. The molecule has 3 N–H and O–H groups in total. The number of ether oxygens (including phenoxy) is 1. The average molecular weight is 340 g/mol. The van der Waals surface area contributed by atoms with Crippen molar-refractivity contribution in [3.63, 3.8) is 0 Å². The maximum absolute atomic E-state index is 12.3. The van der Waals surface area contributed by atoms with Gasteiger partial charge >= 0.3 is 0 Å². The van der Waals surface area contributed by atoms with Crippen LogP contribution in [0.15, 0.2) is 12.3 Å². The SMILES string of the molecule is CCN(CC(=O)Nc1ccnn1C(C)C)C[C@@H]1COC[C@@H](O)[C@H]1O. The molecule has 8 nitrogen and oxygen atoms in total. The van der Waals surface area contributed by atoms with Crippen LogP contribution < -0.4 is 5.32 Å². The second-order valence-corrected chi connectivity index (χ2v) is 6.49. The van der Waals surface area contributed by atoms with Crippen molar-refractivity contribution in [3.8, 4) is 0 Å². The summed E-state index contributed by atoms with van der Waals surface area (Å²) in [6.45, 7) is 7.85. The molecule has 0 radical (unpaired) electrons. The van der Waals surface area contributed by atoms with E-state index in [0.717, 1.165) is 0 Å². The monoisotopic (exact) mass is 340 g/mol. The number of nitrogens with one attached hydrogen (secondary N) is 1. The number of nitrogens with zero attached hydrogens (tertiary/aromatic N) is 3. The molecule has 0 spiro atoms. The van der Waals surface area contributed by atoms with Gasteiger partial charge in [-0.15, -0.1) is 0 Å². The molecule has 0 saturated carbocycles. The number of anilines is 1. The summed E-state index contributed by atoms with van der Waals surface area (Å²) in [5, 5.41) is 26.8. The highest BCUT2D eigenvalue weighted by molar-refractivity contribution is 5.91. The first-order valence-electron chi connectivity index (χ1n) is 8.42. The van der Waals surface area contributed by atoms with Crippen molar-refractivity contribution in [2.45, 2.75) is 39.0 Å². The van der Waals surface area contributed by atoms with E-state index in [2.05, 4.69) is 10.4 Å². The molecule has 24 heavy (non-hydrogen) atoms. The number of likely N-dealkylation sites (N-methyl/N-ethyl adjacent to an activating group) is 1. The molecule has 1 fully saturated rings. The molecule has 1 saturated heterocycles. The van der Waals surface area contributed by atoms with E-state index < -0.39 is 12.2 Å². The zero-order chi connectivity index (χ0) is 17.7. The molecule has 2 rings (SSSR count). The van der Waals surface area contributed by atoms with Crippen molar-refractivity contribution in [2.75, 3.05) is 38.2 Å². The molecule has 3 atom stereocenters. The summed E-state index contributed by atoms with van der Waals surface area (Å²) in [5.74, 6) is 0.330. The van der Waals surface area contributed by atoms with Crippen molar-refractivity contribution in [1.29, 1.82) is 0 Å². The predicted octanol–water partition coefficient (Wildman–Crippen LogP) is 0.0926. The molecular weight excluding hydrogens is 312 g/mol. The van der Waals surface area contributed by atoms with Crippen molar-refractivity contribution in [3.05, 3.63) is 12.3 Å². The van der Waals surface area contributed by atoms with Crippen molar-refractivity contribution >= 4 is 11.7 Å². The molecule has 0 unspecified atom stereocenters. The standard InChI is InChI=1S/C16H28N4O4/c1-4-19(7-12-9-24-10-13(21)16(12)23)8-15(22)18-14-5-6-17-20(14)11(2)3/h5-6,11-13,16,21,23H,4,7-10H2,1-3H3,(H,18,22)/t12-,13-,16+/m1/s1. The number of carbonyl (C=O) groups is 1. The Morgan fingerprint density at radius 3 is 2.92 bits per heavy atom.